The molecule has 0 rings (SSSR count). The van der Waals surface area contributed by atoms with Crippen LogP contribution in [-0.4, -0.2) is 0 Å². The van der Waals surface area contributed by atoms with E-state index in [4.69, 9.17) is 23.2 Å². The molecule has 0 unspecified atom stereocenters. The number of hydrogen-bond donors (Lipinski definition) is 0. The molecule has 0 saturated heterocycles. The Hall–Kier alpha value is 0.320. The van der Waals surface area contributed by atoms with Crippen LogP contribution in [0.1, 0.15) is 12.8 Å². The third kappa shape index (κ3) is 6.32. The quantitative estimate of drug-likeness (QED) is 0.550. The van der Waals surface area contributed by atoms with E-state index in [1.807, 2.05) is 0 Å². The fraction of sp³-hybridized carbons (Fsp3) is 0.400. The first-order valence-electron chi connectivity index (χ1n) is 2.07. The lowest BCUT2D eigenvalue weighted by molar-refractivity contribution is 1.05. The molecule has 0 aromatic heterocycles. The van der Waals surface area contributed by atoms with Gasteiger partial charge in [-0.05, 0) is 12.8 Å². The van der Waals surface area contributed by atoms with Crippen molar-refractivity contribution in [3.63, 3.8) is 0 Å². The van der Waals surface area contributed by atoms with Gasteiger partial charge < -0.3 is 0 Å². The highest BCUT2D eigenvalue weighted by molar-refractivity contribution is 6.55. The van der Waals surface area contributed by atoms with Gasteiger partial charge in [-0.1, -0.05) is 36.2 Å². The molecule has 0 nitrogen and oxygen atoms in total. The maximum Gasteiger partial charge on any atom is 0.102 e. The van der Waals surface area contributed by atoms with Gasteiger partial charge in [0.15, 0.2) is 0 Å². The summed E-state index contributed by atoms with van der Waals surface area (Å²) in [6.07, 6.45) is 3.45. The number of hydrogen-bond acceptors (Lipinski definition) is 0. The molecule has 0 heterocycles. The Morgan fingerprint density at radius 3 is 2.29 bits per heavy atom. The molecule has 0 aliphatic carbocycles. The van der Waals surface area contributed by atoms with Crippen LogP contribution in [0, 0.1) is 6.92 Å². The number of allylic oxidation sites excluding steroid dienone is 1. The highest BCUT2D eigenvalue weighted by Gasteiger charge is 1.78. The fourth-order valence-electron chi connectivity index (χ4n) is 0.211. The Labute approximate surface area is 54.1 Å². The molecule has 0 bridgehead atoms. The molecule has 0 saturated carbocycles. The Bertz CT molecular complexity index is 62.5. The molecule has 0 N–H and O–H groups in total. The minimum absolute atomic E-state index is 0.337. The number of halogens is 2. The zero-order chi connectivity index (χ0) is 5.70. The molecular weight excluding hydrogens is 131 g/mol. The predicted octanol–water partition coefficient (Wildman–Crippen LogP) is 2.92. The van der Waals surface area contributed by atoms with Crippen LogP contribution >= 0.6 is 23.2 Å². The van der Waals surface area contributed by atoms with Crippen molar-refractivity contribution in [3.05, 3.63) is 17.5 Å². The Kier molecular flexibility index (Phi) is 4.68. The summed E-state index contributed by atoms with van der Waals surface area (Å²) in [6, 6.07) is 0. The van der Waals surface area contributed by atoms with Crippen LogP contribution in [0.15, 0.2) is 10.6 Å². The third-order valence-electron chi connectivity index (χ3n) is 0.503. The molecule has 0 fully saturated rings. The van der Waals surface area contributed by atoms with Crippen molar-refractivity contribution < 1.29 is 0 Å². The van der Waals surface area contributed by atoms with Gasteiger partial charge in [-0.25, -0.2) is 0 Å². The summed E-state index contributed by atoms with van der Waals surface area (Å²) in [7, 11) is 0. The van der Waals surface area contributed by atoms with E-state index in [9.17, 15) is 0 Å². The minimum Gasteiger partial charge on any atom is -0.0713 e. The van der Waals surface area contributed by atoms with Gasteiger partial charge in [-0.3, -0.25) is 0 Å². The van der Waals surface area contributed by atoms with Crippen LogP contribution in [0.3, 0.4) is 0 Å². The SMILES string of the molecule is [CH2]CCC=C(Cl)Cl. The summed E-state index contributed by atoms with van der Waals surface area (Å²) in [4.78, 5) is 0. The second-order valence-electron chi connectivity index (χ2n) is 1.14. The molecule has 0 atom stereocenters. The fourth-order valence-corrected chi connectivity index (χ4v) is 0.429. The van der Waals surface area contributed by atoms with E-state index < -0.39 is 0 Å². The normalized spacial score (nSPS) is 8.43. The lowest BCUT2D eigenvalue weighted by atomic mass is 10.3. The van der Waals surface area contributed by atoms with Crippen molar-refractivity contribution in [1.29, 1.82) is 0 Å². The zero-order valence-electron chi connectivity index (χ0n) is 3.95. The van der Waals surface area contributed by atoms with Crippen molar-refractivity contribution in [1.82, 2.24) is 0 Å². The predicted molar refractivity (Wildman–Crippen MR) is 34.4 cm³/mol. The first-order chi connectivity index (χ1) is 3.27. The van der Waals surface area contributed by atoms with E-state index in [1.165, 1.54) is 0 Å². The third-order valence-corrected chi connectivity index (χ3v) is 0.811. The molecule has 0 aromatic carbocycles. The second-order valence-corrected chi connectivity index (χ2v) is 2.14. The smallest absolute Gasteiger partial charge is 0.0713 e. The average molecular weight is 138 g/mol. The van der Waals surface area contributed by atoms with Crippen molar-refractivity contribution in [2.45, 2.75) is 12.8 Å². The van der Waals surface area contributed by atoms with E-state index in [0.717, 1.165) is 12.8 Å². The molecule has 0 amide bonds. The van der Waals surface area contributed by atoms with Gasteiger partial charge in [0.1, 0.15) is 4.49 Å². The zero-order valence-corrected chi connectivity index (χ0v) is 5.47. The van der Waals surface area contributed by atoms with Crippen LogP contribution in [0.25, 0.3) is 0 Å². The molecule has 0 aromatic rings. The van der Waals surface area contributed by atoms with Crippen molar-refractivity contribution in [3.8, 4) is 0 Å². The van der Waals surface area contributed by atoms with Gasteiger partial charge in [-0.15, -0.1) is 0 Å². The van der Waals surface area contributed by atoms with Gasteiger partial charge in [0, 0.05) is 0 Å². The maximum atomic E-state index is 5.26. The van der Waals surface area contributed by atoms with Crippen LogP contribution in [-0.2, 0) is 0 Å². The van der Waals surface area contributed by atoms with E-state index in [-0.39, 0.29) is 0 Å². The lowest BCUT2D eigenvalue weighted by Gasteiger charge is -1.80. The summed E-state index contributed by atoms with van der Waals surface area (Å²) in [5.74, 6) is 0. The molecule has 41 valence electrons. The van der Waals surface area contributed by atoms with Crippen molar-refractivity contribution >= 4 is 23.2 Å². The van der Waals surface area contributed by atoms with Gasteiger partial charge in [0.2, 0.25) is 0 Å². The summed E-state index contributed by atoms with van der Waals surface area (Å²) < 4.78 is 0.337. The summed E-state index contributed by atoms with van der Waals surface area (Å²) in [5.41, 5.74) is 0. The average Bonchev–Trinajstić information content (AvgIpc) is 1.61. The first kappa shape index (κ1) is 7.32. The summed E-state index contributed by atoms with van der Waals surface area (Å²) in [6.45, 7) is 3.60. The molecule has 0 aliphatic heterocycles. The summed E-state index contributed by atoms with van der Waals surface area (Å²) >= 11 is 10.5. The van der Waals surface area contributed by atoms with E-state index in [1.54, 1.807) is 6.08 Å². The summed E-state index contributed by atoms with van der Waals surface area (Å²) in [5, 5.41) is 0. The number of rotatable bonds is 2. The largest absolute Gasteiger partial charge is 0.102 e. The number of unbranched alkanes of at least 4 members (excludes halogenated alkanes) is 1. The van der Waals surface area contributed by atoms with Crippen LogP contribution in [0.2, 0.25) is 0 Å². The lowest BCUT2D eigenvalue weighted by Crippen LogP contribution is -1.59. The van der Waals surface area contributed by atoms with Crippen LogP contribution < -0.4 is 0 Å². The van der Waals surface area contributed by atoms with Crippen LogP contribution in [0.4, 0.5) is 0 Å². The van der Waals surface area contributed by atoms with Gasteiger partial charge >= 0.3 is 0 Å². The highest BCUT2D eigenvalue weighted by Crippen LogP contribution is 2.07. The molecule has 0 aliphatic rings. The molecule has 1 radical (unpaired) electrons. The maximum absolute atomic E-state index is 5.26. The highest BCUT2D eigenvalue weighted by atomic mass is 35.5. The van der Waals surface area contributed by atoms with Gasteiger partial charge in [-0.2, -0.15) is 0 Å². The monoisotopic (exact) mass is 137 g/mol. The Balaban J connectivity index is 3.08. The second kappa shape index (κ2) is 4.48. The van der Waals surface area contributed by atoms with Crippen molar-refractivity contribution in [2.75, 3.05) is 0 Å². The van der Waals surface area contributed by atoms with Gasteiger partial charge in [0.25, 0.3) is 0 Å². The molecule has 7 heavy (non-hydrogen) atoms. The first-order valence-corrected chi connectivity index (χ1v) is 2.83. The molecule has 0 spiro atoms. The van der Waals surface area contributed by atoms with E-state index >= 15 is 0 Å². The Morgan fingerprint density at radius 2 is 2.14 bits per heavy atom. The van der Waals surface area contributed by atoms with Crippen molar-refractivity contribution in [2.24, 2.45) is 0 Å². The topological polar surface area (TPSA) is 0 Å². The van der Waals surface area contributed by atoms with Crippen LogP contribution in [0.5, 0.6) is 0 Å². The molecular formula is C5H7Cl2. The standard InChI is InChI=1S/C5H7Cl2/c1-2-3-4-5(6)7/h4H,1-3H2. The van der Waals surface area contributed by atoms with E-state index in [2.05, 4.69) is 6.92 Å². The molecule has 2 heteroatoms. The Morgan fingerprint density at radius 1 is 1.57 bits per heavy atom. The van der Waals surface area contributed by atoms with E-state index in [0.29, 0.717) is 4.49 Å². The van der Waals surface area contributed by atoms with Gasteiger partial charge in [0.05, 0.1) is 0 Å². The minimum atomic E-state index is 0.337.